The van der Waals surface area contributed by atoms with Crippen molar-refractivity contribution in [2.24, 2.45) is 7.05 Å². The van der Waals surface area contributed by atoms with Gasteiger partial charge in [0.05, 0.1) is 23.9 Å². The van der Waals surface area contributed by atoms with Gasteiger partial charge >= 0.3 is 0 Å². The summed E-state index contributed by atoms with van der Waals surface area (Å²) in [4.78, 5) is 0. The molecule has 2 aromatic rings. The molecule has 1 heterocycles. The average molecular weight is 234 g/mol. The summed E-state index contributed by atoms with van der Waals surface area (Å²) in [5.74, 6) is 0. The third kappa shape index (κ3) is 2.65. The second kappa shape index (κ2) is 5.29. The number of aromatic nitrogens is 2. The quantitative estimate of drug-likeness (QED) is 0.853. The molecule has 0 amide bonds. The van der Waals surface area contributed by atoms with Gasteiger partial charge in [-0.1, -0.05) is 18.2 Å². The van der Waals surface area contributed by atoms with Crippen LogP contribution in [0.15, 0.2) is 24.3 Å². The zero-order valence-corrected chi connectivity index (χ0v) is 10.3. The van der Waals surface area contributed by atoms with Gasteiger partial charge < -0.3 is 9.84 Å². The van der Waals surface area contributed by atoms with Crippen molar-refractivity contribution in [2.75, 3.05) is 13.7 Å². The lowest BCUT2D eigenvalue weighted by Crippen LogP contribution is -2.14. The molecule has 0 radical (unpaired) electrons. The lowest BCUT2D eigenvalue weighted by Gasteiger charge is -2.07. The van der Waals surface area contributed by atoms with Crippen molar-refractivity contribution in [2.45, 2.75) is 18.9 Å². The van der Waals surface area contributed by atoms with E-state index >= 15 is 0 Å². The minimum absolute atomic E-state index is 0.380. The number of aryl methyl sites for hydroxylation is 2. The van der Waals surface area contributed by atoms with Crippen molar-refractivity contribution in [3.8, 4) is 0 Å². The molecule has 0 aliphatic heterocycles. The second-order valence-electron chi connectivity index (χ2n) is 4.24. The van der Waals surface area contributed by atoms with Gasteiger partial charge in [0, 0.05) is 19.5 Å². The van der Waals surface area contributed by atoms with Gasteiger partial charge in [0.2, 0.25) is 0 Å². The highest BCUT2D eigenvalue weighted by Crippen LogP contribution is 2.19. The van der Waals surface area contributed by atoms with Crippen LogP contribution in [0.5, 0.6) is 0 Å². The van der Waals surface area contributed by atoms with Crippen LogP contribution < -0.4 is 0 Å². The second-order valence-corrected chi connectivity index (χ2v) is 4.24. The van der Waals surface area contributed by atoms with Gasteiger partial charge in [-0.2, -0.15) is 5.10 Å². The summed E-state index contributed by atoms with van der Waals surface area (Å²) in [5, 5.41) is 15.3. The molecule has 4 nitrogen and oxygen atoms in total. The Labute approximate surface area is 101 Å². The summed E-state index contributed by atoms with van der Waals surface area (Å²) in [6.45, 7) is 0.380. The van der Waals surface area contributed by atoms with Gasteiger partial charge in [0.1, 0.15) is 0 Å². The summed E-state index contributed by atoms with van der Waals surface area (Å²) in [5.41, 5.74) is 2.17. The average Bonchev–Trinajstić information content (AvgIpc) is 2.65. The van der Waals surface area contributed by atoms with Gasteiger partial charge in [0.15, 0.2) is 0 Å². The zero-order chi connectivity index (χ0) is 12.3. The molecular weight excluding hydrogens is 216 g/mol. The molecular formula is C13H18N2O2. The Bertz CT molecular complexity index is 493. The molecule has 0 aliphatic carbocycles. The fraction of sp³-hybridized carbons (Fsp3) is 0.462. The first-order valence-electron chi connectivity index (χ1n) is 5.80. The summed E-state index contributed by atoms with van der Waals surface area (Å²) in [7, 11) is 3.54. The van der Waals surface area contributed by atoms with E-state index < -0.39 is 6.10 Å². The maximum Gasteiger partial charge on any atom is 0.0777 e. The topological polar surface area (TPSA) is 47.3 Å². The van der Waals surface area contributed by atoms with E-state index in [1.807, 2.05) is 23.9 Å². The molecule has 1 N–H and O–H groups in total. The van der Waals surface area contributed by atoms with E-state index in [-0.39, 0.29) is 0 Å². The van der Waals surface area contributed by atoms with E-state index in [2.05, 4.69) is 17.2 Å². The van der Waals surface area contributed by atoms with Gasteiger partial charge in [-0.05, 0) is 18.9 Å². The first-order valence-corrected chi connectivity index (χ1v) is 5.80. The smallest absolute Gasteiger partial charge is 0.0777 e. The largest absolute Gasteiger partial charge is 0.391 e. The maximum absolute atomic E-state index is 9.63. The minimum Gasteiger partial charge on any atom is -0.391 e. The van der Waals surface area contributed by atoms with Crippen molar-refractivity contribution in [3.63, 3.8) is 0 Å². The molecule has 92 valence electrons. The molecule has 0 bridgehead atoms. The van der Waals surface area contributed by atoms with Crippen LogP contribution in [0.25, 0.3) is 10.9 Å². The van der Waals surface area contributed by atoms with E-state index in [0.717, 1.165) is 17.6 Å². The maximum atomic E-state index is 9.63. The predicted molar refractivity (Wildman–Crippen MR) is 66.9 cm³/mol. The van der Waals surface area contributed by atoms with Crippen molar-refractivity contribution >= 4 is 10.9 Å². The molecule has 4 heteroatoms. The molecule has 0 fully saturated rings. The highest BCUT2D eigenvalue weighted by molar-refractivity contribution is 5.81. The van der Waals surface area contributed by atoms with Crippen molar-refractivity contribution in [3.05, 3.63) is 30.0 Å². The lowest BCUT2D eigenvalue weighted by atomic mass is 10.1. The van der Waals surface area contributed by atoms with Crippen LogP contribution in [0.1, 0.15) is 12.1 Å². The molecule has 17 heavy (non-hydrogen) atoms. The van der Waals surface area contributed by atoms with E-state index in [9.17, 15) is 5.11 Å². The first-order chi connectivity index (χ1) is 8.22. The Morgan fingerprint density at radius 3 is 2.94 bits per heavy atom. The van der Waals surface area contributed by atoms with Crippen LogP contribution >= 0.6 is 0 Å². The van der Waals surface area contributed by atoms with E-state index in [0.29, 0.717) is 13.0 Å². The van der Waals surface area contributed by atoms with Crippen LogP contribution in [0.3, 0.4) is 0 Å². The van der Waals surface area contributed by atoms with E-state index in [1.54, 1.807) is 7.11 Å². The first kappa shape index (κ1) is 12.1. The summed E-state index contributed by atoms with van der Waals surface area (Å²) in [6, 6.07) is 8.14. The van der Waals surface area contributed by atoms with E-state index in [4.69, 9.17) is 4.74 Å². The predicted octanol–water partition coefficient (Wildman–Crippen LogP) is 1.51. The van der Waals surface area contributed by atoms with Gasteiger partial charge in [-0.3, -0.25) is 4.68 Å². The van der Waals surface area contributed by atoms with Gasteiger partial charge in [0.25, 0.3) is 0 Å². The molecule has 0 saturated carbocycles. The van der Waals surface area contributed by atoms with Crippen LogP contribution in [0.4, 0.5) is 0 Å². The monoisotopic (exact) mass is 234 g/mol. The number of benzene rings is 1. The number of fused-ring (bicyclic) bond motifs is 1. The lowest BCUT2D eigenvalue weighted by molar-refractivity contribution is 0.0594. The zero-order valence-electron chi connectivity index (χ0n) is 10.3. The SMILES string of the molecule is COCC(O)CCc1nn(C)c2ccccc12. The third-order valence-corrected chi connectivity index (χ3v) is 2.91. The molecule has 0 spiro atoms. The normalized spacial score (nSPS) is 13.1. The Hall–Kier alpha value is -1.39. The number of aliphatic hydroxyl groups excluding tert-OH is 1. The molecule has 1 aromatic carbocycles. The van der Waals surface area contributed by atoms with Crippen LogP contribution in [0.2, 0.25) is 0 Å². The van der Waals surface area contributed by atoms with Crippen molar-refractivity contribution < 1.29 is 9.84 Å². The van der Waals surface area contributed by atoms with Crippen LogP contribution in [-0.2, 0) is 18.2 Å². The molecule has 1 unspecified atom stereocenters. The highest BCUT2D eigenvalue weighted by Gasteiger charge is 2.10. The summed E-state index contributed by atoms with van der Waals surface area (Å²) >= 11 is 0. The number of hydrogen-bond acceptors (Lipinski definition) is 3. The number of nitrogens with zero attached hydrogens (tertiary/aromatic N) is 2. The number of hydrogen-bond donors (Lipinski definition) is 1. The minimum atomic E-state index is -0.416. The molecule has 0 saturated heterocycles. The Morgan fingerprint density at radius 1 is 1.41 bits per heavy atom. The van der Waals surface area contributed by atoms with Crippen molar-refractivity contribution in [1.82, 2.24) is 9.78 Å². The third-order valence-electron chi connectivity index (χ3n) is 2.91. The molecule has 2 rings (SSSR count). The number of aliphatic hydroxyl groups is 1. The Morgan fingerprint density at radius 2 is 2.18 bits per heavy atom. The fourth-order valence-corrected chi connectivity index (χ4v) is 2.05. The van der Waals surface area contributed by atoms with Crippen LogP contribution in [-0.4, -0.2) is 34.7 Å². The summed E-state index contributed by atoms with van der Waals surface area (Å²) < 4.78 is 6.79. The molecule has 1 aromatic heterocycles. The van der Waals surface area contributed by atoms with Crippen LogP contribution in [0, 0.1) is 0 Å². The molecule has 1 atom stereocenters. The Kier molecular flexibility index (Phi) is 3.76. The standard InChI is InChI=1S/C13H18N2O2/c1-15-13-6-4-3-5-11(13)12(14-15)8-7-10(16)9-17-2/h3-6,10,16H,7-9H2,1-2H3. The van der Waals surface area contributed by atoms with E-state index in [1.165, 1.54) is 5.39 Å². The number of ether oxygens (including phenoxy) is 1. The Balaban J connectivity index is 2.13. The van der Waals surface area contributed by atoms with Crippen molar-refractivity contribution in [1.29, 1.82) is 0 Å². The number of methoxy groups -OCH3 is 1. The van der Waals surface area contributed by atoms with Gasteiger partial charge in [-0.15, -0.1) is 0 Å². The number of rotatable bonds is 5. The van der Waals surface area contributed by atoms with Gasteiger partial charge in [-0.25, -0.2) is 0 Å². The highest BCUT2D eigenvalue weighted by atomic mass is 16.5. The molecule has 0 aliphatic rings. The fourth-order valence-electron chi connectivity index (χ4n) is 2.05. The summed E-state index contributed by atoms with van der Waals surface area (Å²) in [6.07, 6.45) is 1.03. The number of para-hydroxylation sites is 1.